The fraction of sp³-hybridized carbons (Fsp3) is 0. The third-order valence-electron chi connectivity index (χ3n) is 4.17. The Labute approximate surface area is 145 Å². The molecule has 0 aliphatic heterocycles. The summed E-state index contributed by atoms with van der Waals surface area (Å²) in [5.74, 6) is -5.20. The Balaban J connectivity index is 2.54. The molecule has 0 radical (unpaired) electrons. The van der Waals surface area contributed by atoms with E-state index in [2.05, 4.69) is 9.46 Å². The maximum atomic E-state index is 14.7. The summed E-state index contributed by atoms with van der Waals surface area (Å²) in [5.41, 5.74) is 0. The van der Waals surface area contributed by atoms with Gasteiger partial charge in [-0.15, -0.1) is 0 Å². The van der Waals surface area contributed by atoms with Crippen LogP contribution < -0.4 is 15.9 Å². The monoisotopic (exact) mass is 386 g/mol. The fourth-order valence-corrected chi connectivity index (χ4v) is 6.47. The molecule has 136 valence electrons. The van der Waals surface area contributed by atoms with Gasteiger partial charge in [-0.1, -0.05) is 0 Å². The minimum absolute atomic E-state index is 0.209. The first-order chi connectivity index (χ1) is 12.5. The first-order valence-corrected chi connectivity index (χ1v) is 9.47. The van der Waals surface area contributed by atoms with Crippen molar-refractivity contribution in [2.45, 2.75) is 0 Å². The van der Waals surface area contributed by atoms with E-state index < -0.39 is 29.8 Å². The van der Waals surface area contributed by atoms with Crippen LogP contribution in [0.25, 0.3) is 0 Å². The molecule has 0 saturated heterocycles. The van der Waals surface area contributed by atoms with Crippen molar-refractivity contribution in [3.05, 3.63) is 90.2 Å². The Hall–Kier alpha value is -2.34. The van der Waals surface area contributed by atoms with Crippen LogP contribution in [-0.2, 0) is 9.46 Å². The van der Waals surface area contributed by atoms with Crippen molar-refractivity contribution in [2.75, 3.05) is 0 Å². The van der Waals surface area contributed by atoms with Gasteiger partial charge in [-0.25, -0.2) is 0 Å². The first kappa shape index (κ1) is 18.5. The van der Waals surface area contributed by atoms with Crippen LogP contribution >= 0.6 is 7.06 Å². The van der Waals surface area contributed by atoms with Crippen LogP contribution in [0.15, 0.2) is 72.8 Å². The molecule has 3 aromatic rings. The molecule has 8 heteroatoms. The molecule has 0 atom stereocenters. The second-order valence-electron chi connectivity index (χ2n) is 5.46. The molecule has 0 aromatic heterocycles. The Kier molecular flexibility index (Phi) is 4.80. The molecule has 0 aliphatic rings. The molecule has 0 spiro atoms. The SMILES string of the molecule is FOP(OF)(c1ccccc1)(c1ccccc1)c1ccc(F)c(F)c1F. The van der Waals surface area contributed by atoms with Gasteiger partial charge in [0, 0.05) is 0 Å². The minimum atomic E-state index is -5.65. The third-order valence-corrected chi connectivity index (χ3v) is 8.39. The maximum absolute atomic E-state index is 14.7. The van der Waals surface area contributed by atoms with E-state index in [1.165, 1.54) is 48.5 Å². The Morgan fingerprint density at radius 1 is 0.577 bits per heavy atom. The number of rotatable bonds is 5. The van der Waals surface area contributed by atoms with Crippen LogP contribution in [-0.4, -0.2) is 0 Å². The van der Waals surface area contributed by atoms with Crippen molar-refractivity contribution < 1.29 is 31.7 Å². The molecule has 0 saturated carbocycles. The van der Waals surface area contributed by atoms with E-state index in [0.717, 1.165) is 0 Å². The molecule has 2 nitrogen and oxygen atoms in total. The molecule has 0 bridgehead atoms. The van der Waals surface area contributed by atoms with Gasteiger partial charge in [-0.3, -0.25) is 0 Å². The van der Waals surface area contributed by atoms with Crippen molar-refractivity contribution in [3.8, 4) is 0 Å². The van der Waals surface area contributed by atoms with Crippen LogP contribution in [0.2, 0.25) is 0 Å². The second-order valence-corrected chi connectivity index (χ2v) is 9.17. The van der Waals surface area contributed by atoms with Crippen LogP contribution in [0.1, 0.15) is 0 Å². The molecule has 0 aliphatic carbocycles. The van der Waals surface area contributed by atoms with E-state index in [-0.39, 0.29) is 10.6 Å². The van der Waals surface area contributed by atoms with E-state index in [0.29, 0.717) is 12.1 Å². The molecule has 26 heavy (non-hydrogen) atoms. The van der Waals surface area contributed by atoms with E-state index in [4.69, 9.17) is 0 Å². The summed E-state index contributed by atoms with van der Waals surface area (Å²) in [7, 11) is -5.65. The van der Waals surface area contributed by atoms with E-state index >= 15 is 0 Å². The van der Waals surface area contributed by atoms with Gasteiger partial charge in [0.25, 0.3) is 0 Å². The molecular formula is C18H12F5O2P. The molecule has 0 fully saturated rings. The molecular weight excluding hydrogens is 374 g/mol. The number of hydrogen-bond donors (Lipinski definition) is 0. The standard InChI is InChI=1S/C18H12F5O2P/c19-15-11-12-16(18(21)17(15)20)26(24-22,25-23,13-7-3-1-4-8-13)14-9-5-2-6-10-14/h1-12H. The summed E-state index contributed by atoms with van der Waals surface area (Å²) < 4.78 is 78.7. The van der Waals surface area contributed by atoms with Gasteiger partial charge in [0.05, 0.1) is 0 Å². The summed E-state index contributed by atoms with van der Waals surface area (Å²) in [6.45, 7) is 0. The number of hydrogen-bond acceptors (Lipinski definition) is 2. The fourth-order valence-electron chi connectivity index (χ4n) is 2.90. The Morgan fingerprint density at radius 3 is 1.46 bits per heavy atom. The predicted octanol–water partition coefficient (Wildman–Crippen LogP) is 4.57. The van der Waals surface area contributed by atoms with Gasteiger partial charge in [-0.2, -0.15) is 0 Å². The first-order valence-electron chi connectivity index (χ1n) is 7.39. The van der Waals surface area contributed by atoms with Crippen LogP contribution in [0, 0.1) is 17.5 Å². The Bertz CT molecular complexity index is 874. The van der Waals surface area contributed by atoms with Gasteiger partial charge in [-0.05, 0) is 0 Å². The van der Waals surface area contributed by atoms with Crippen molar-refractivity contribution >= 4 is 23.0 Å². The zero-order valence-corrected chi connectivity index (χ0v) is 14.0. The zero-order valence-electron chi connectivity index (χ0n) is 13.1. The van der Waals surface area contributed by atoms with Crippen molar-refractivity contribution in [2.24, 2.45) is 0 Å². The van der Waals surface area contributed by atoms with E-state index in [9.17, 15) is 22.2 Å². The van der Waals surface area contributed by atoms with Gasteiger partial charge in [0.2, 0.25) is 0 Å². The van der Waals surface area contributed by atoms with Crippen molar-refractivity contribution in [1.82, 2.24) is 0 Å². The Morgan fingerprint density at radius 2 is 1.04 bits per heavy atom. The topological polar surface area (TPSA) is 18.5 Å². The van der Waals surface area contributed by atoms with E-state index in [1.54, 1.807) is 12.1 Å². The van der Waals surface area contributed by atoms with Crippen LogP contribution in [0.4, 0.5) is 22.2 Å². The normalized spacial score (nSPS) is 13.2. The molecule has 0 unspecified atom stereocenters. The van der Waals surface area contributed by atoms with Crippen LogP contribution in [0.3, 0.4) is 0 Å². The summed E-state index contributed by atoms with van der Waals surface area (Å²) in [5, 5.41) is -1.32. The average molecular weight is 386 g/mol. The number of halogens is 5. The van der Waals surface area contributed by atoms with Gasteiger partial charge in [0.15, 0.2) is 0 Å². The summed E-state index contributed by atoms with van der Waals surface area (Å²) in [6, 6.07) is 15.1. The second kappa shape index (κ2) is 6.76. The average Bonchev–Trinajstić information content (AvgIpc) is 2.71. The molecule has 0 amide bonds. The van der Waals surface area contributed by atoms with Gasteiger partial charge >= 0.3 is 145 Å². The zero-order chi connectivity index (χ0) is 18.8. The number of benzene rings is 3. The summed E-state index contributed by atoms with van der Waals surface area (Å²) in [6.07, 6.45) is 0. The summed E-state index contributed by atoms with van der Waals surface area (Å²) in [4.78, 5) is 0. The summed E-state index contributed by atoms with van der Waals surface area (Å²) >= 11 is 0. The predicted molar refractivity (Wildman–Crippen MR) is 89.4 cm³/mol. The van der Waals surface area contributed by atoms with Gasteiger partial charge < -0.3 is 0 Å². The van der Waals surface area contributed by atoms with Crippen molar-refractivity contribution in [1.29, 1.82) is 0 Å². The quantitative estimate of drug-likeness (QED) is 0.364. The van der Waals surface area contributed by atoms with Gasteiger partial charge in [0.1, 0.15) is 0 Å². The third kappa shape index (κ3) is 2.35. The van der Waals surface area contributed by atoms with Crippen molar-refractivity contribution in [3.63, 3.8) is 0 Å². The molecule has 0 heterocycles. The molecule has 3 aromatic carbocycles. The van der Waals surface area contributed by atoms with E-state index in [1.807, 2.05) is 0 Å². The molecule has 3 rings (SSSR count). The van der Waals surface area contributed by atoms with Crippen LogP contribution in [0.5, 0.6) is 0 Å². The molecule has 0 N–H and O–H groups in total.